The van der Waals surface area contributed by atoms with E-state index in [9.17, 15) is 9.90 Å². The Balaban J connectivity index is 1.91. The van der Waals surface area contributed by atoms with Crippen LogP contribution in [0, 0.1) is 0 Å². The molecule has 1 aliphatic rings. The Morgan fingerprint density at radius 1 is 1.27 bits per heavy atom. The van der Waals surface area contributed by atoms with Crippen molar-refractivity contribution >= 4 is 5.97 Å². The monoisotopic (exact) mass is 298 g/mol. The quantitative estimate of drug-likeness (QED) is 0.935. The fourth-order valence-electron chi connectivity index (χ4n) is 2.63. The number of aromatic carboxylic acids is 1. The molecule has 4 nitrogen and oxygen atoms in total. The molecule has 0 aliphatic carbocycles. The first-order valence-electron chi connectivity index (χ1n) is 7.20. The second-order valence-corrected chi connectivity index (χ2v) is 6.07. The summed E-state index contributed by atoms with van der Waals surface area (Å²) >= 11 is 0. The fourth-order valence-corrected chi connectivity index (χ4v) is 2.63. The van der Waals surface area contributed by atoms with Crippen LogP contribution in [0.1, 0.15) is 35.3 Å². The highest BCUT2D eigenvalue weighted by molar-refractivity contribution is 5.89. The summed E-state index contributed by atoms with van der Waals surface area (Å²) in [5.41, 5.74) is 1.81. The van der Waals surface area contributed by atoms with Crippen LogP contribution in [0.15, 0.2) is 42.5 Å². The van der Waals surface area contributed by atoms with Gasteiger partial charge < -0.3 is 14.6 Å². The zero-order valence-electron chi connectivity index (χ0n) is 12.6. The largest absolute Gasteiger partial charge is 0.488 e. The lowest BCUT2D eigenvalue weighted by Crippen LogP contribution is -2.24. The molecule has 0 saturated heterocycles. The van der Waals surface area contributed by atoms with Crippen molar-refractivity contribution in [2.75, 3.05) is 0 Å². The van der Waals surface area contributed by atoms with Crippen LogP contribution in [0.5, 0.6) is 11.5 Å². The van der Waals surface area contributed by atoms with Crippen molar-refractivity contribution in [3.63, 3.8) is 0 Å². The highest BCUT2D eigenvalue weighted by atomic mass is 16.5. The summed E-state index contributed by atoms with van der Waals surface area (Å²) in [4.78, 5) is 11.3. The van der Waals surface area contributed by atoms with E-state index in [2.05, 4.69) is 0 Å². The zero-order chi connectivity index (χ0) is 15.7. The van der Waals surface area contributed by atoms with Gasteiger partial charge in [0.2, 0.25) is 0 Å². The van der Waals surface area contributed by atoms with Crippen molar-refractivity contribution in [1.29, 1.82) is 0 Å². The molecule has 0 atom stereocenters. The summed E-state index contributed by atoms with van der Waals surface area (Å²) in [7, 11) is 0. The van der Waals surface area contributed by atoms with E-state index < -0.39 is 5.97 Å². The van der Waals surface area contributed by atoms with Gasteiger partial charge in [-0.05, 0) is 31.5 Å². The molecule has 1 N–H and O–H groups in total. The molecule has 0 fully saturated rings. The topological polar surface area (TPSA) is 55.8 Å². The summed E-state index contributed by atoms with van der Waals surface area (Å²) in [6.45, 7) is 4.36. The van der Waals surface area contributed by atoms with E-state index in [1.54, 1.807) is 12.1 Å². The molecular weight excluding hydrogens is 280 g/mol. The van der Waals surface area contributed by atoms with E-state index in [1.165, 1.54) is 0 Å². The molecule has 114 valence electrons. The zero-order valence-corrected chi connectivity index (χ0v) is 12.6. The van der Waals surface area contributed by atoms with Crippen LogP contribution in [-0.2, 0) is 13.0 Å². The number of rotatable bonds is 4. The van der Waals surface area contributed by atoms with Crippen LogP contribution in [0.2, 0.25) is 0 Å². The lowest BCUT2D eigenvalue weighted by atomic mass is 10.00. The first-order valence-corrected chi connectivity index (χ1v) is 7.20. The molecule has 0 amide bonds. The molecular formula is C18H18O4. The molecule has 1 aliphatic heterocycles. The second kappa shape index (κ2) is 5.37. The van der Waals surface area contributed by atoms with Crippen LogP contribution in [-0.4, -0.2) is 16.7 Å². The van der Waals surface area contributed by atoms with Crippen LogP contribution < -0.4 is 9.47 Å². The average Bonchev–Trinajstić information content (AvgIpc) is 2.79. The summed E-state index contributed by atoms with van der Waals surface area (Å²) in [6.07, 6.45) is 0.701. The van der Waals surface area contributed by atoms with Gasteiger partial charge in [-0.2, -0.15) is 0 Å². The van der Waals surface area contributed by atoms with Crippen molar-refractivity contribution < 1.29 is 19.4 Å². The highest BCUT2D eigenvalue weighted by Gasteiger charge is 2.33. The summed E-state index contributed by atoms with van der Waals surface area (Å²) in [5.74, 6) is 0.206. The standard InChI is InChI=1S/C18H18O4/c1-18(2)10-14-15(21-11-12-6-4-3-5-7-12)8-13(17(19)20)9-16(14)22-18/h3-9H,10-11H2,1-2H3,(H,19,20). The SMILES string of the molecule is CC1(C)Cc2c(OCc3ccccc3)cc(C(=O)O)cc2O1. The van der Waals surface area contributed by atoms with Crippen molar-refractivity contribution in [2.24, 2.45) is 0 Å². The van der Waals surface area contributed by atoms with Gasteiger partial charge in [-0.1, -0.05) is 30.3 Å². The van der Waals surface area contributed by atoms with Gasteiger partial charge >= 0.3 is 5.97 Å². The van der Waals surface area contributed by atoms with Gasteiger partial charge in [0.15, 0.2) is 0 Å². The Kier molecular flexibility index (Phi) is 3.53. The van der Waals surface area contributed by atoms with E-state index in [0.29, 0.717) is 24.5 Å². The highest BCUT2D eigenvalue weighted by Crippen LogP contribution is 2.41. The maximum atomic E-state index is 11.3. The van der Waals surface area contributed by atoms with Gasteiger partial charge in [-0.25, -0.2) is 4.79 Å². The maximum Gasteiger partial charge on any atom is 0.335 e. The normalized spacial score (nSPS) is 15.0. The number of benzene rings is 2. The minimum atomic E-state index is -0.985. The summed E-state index contributed by atoms with van der Waals surface area (Å²) in [5, 5.41) is 9.24. The lowest BCUT2D eigenvalue weighted by molar-refractivity contribution is 0.0695. The van der Waals surface area contributed by atoms with Crippen molar-refractivity contribution in [3.8, 4) is 11.5 Å². The van der Waals surface area contributed by atoms with Crippen molar-refractivity contribution in [3.05, 3.63) is 59.2 Å². The number of hydrogen-bond acceptors (Lipinski definition) is 3. The Bertz CT molecular complexity index is 705. The smallest absolute Gasteiger partial charge is 0.335 e. The van der Waals surface area contributed by atoms with Crippen LogP contribution in [0.3, 0.4) is 0 Å². The lowest BCUT2D eigenvalue weighted by Gasteiger charge is -2.16. The van der Waals surface area contributed by atoms with Gasteiger partial charge in [-0.15, -0.1) is 0 Å². The van der Waals surface area contributed by atoms with E-state index in [4.69, 9.17) is 9.47 Å². The Labute approximate surface area is 129 Å². The maximum absolute atomic E-state index is 11.3. The van der Waals surface area contributed by atoms with Crippen molar-refractivity contribution in [2.45, 2.75) is 32.5 Å². The van der Waals surface area contributed by atoms with E-state index >= 15 is 0 Å². The molecule has 3 rings (SSSR count). The predicted octanol–water partition coefficient (Wildman–Crippen LogP) is 3.68. The number of ether oxygens (including phenoxy) is 2. The first kappa shape index (κ1) is 14.4. The van der Waals surface area contributed by atoms with Gasteiger partial charge in [0.05, 0.1) is 5.56 Å². The number of fused-ring (bicyclic) bond motifs is 1. The molecule has 0 saturated carbocycles. The average molecular weight is 298 g/mol. The minimum absolute atomic E-state index is 0.180. The second-order valence-electron chi connectivity index (χ2n) is 6.07. The van der Waals surface area contributed by atoms with Gasteiger partial charge in [-0.3, -0.25) is 0 Å². The third kappa shape index (κ3) is 2.91. The molecule has 4 heteroatoms. The van der Waals surface area contributed by atoms with E-state index in [-0.39, 0.29) is 11.2 Å². The van der Waals surface area contributed by atoms with Crippen LogP contribution in [0.4, 0.5) is 0 Å². The number of carbonyl (C=O) groups is 1. The molecule has 2 aromatic carbocycles. The van der Waals surface area contributed by atoms with Gasteiger partial charge in [0.25, 0.3) is 0 Å². The van der Waals surface area contributed by atoms with Gasteiger partial charge in [0, 0.05) is 12.0 Å². The Morgan fingerprint density at radius 2 is 2.00 bits per heavy atom. The molecule has 1 heterocycles. The summed E-state index contributed by atoms with van der Waals surface area (Å²) in [6, 6.07) is 12.9. The predicted molar refractivity (Wildman–Crippen MR) is 82.6 cm³/mol. The molecule has 0 aromatic heterocycles. The van der Waals surface area contributed by atoms with E-state index in [1.807, 2.05) is 44.2 Å². The molecule has 22 heavy (non-hydrogen) atoms. The molecule has 0 bridgehead atoms. The van der Waals surface area contributed by atoms with Gasteiger partial charge in [0.1, 0.15) is 23.7 Å². The van der Waals surface area contributed by atoms with Crippen molar-refractivity contribution in [1.82, 2.24) is 0 Å². The molecule has 0 radical (unpaired) electrons. The minimum Gasteiger partial charge on any atom is -0.488 e. The fraction of sp³-hybridized carbons (Fsp3) is 0.278. The molecule has 2 aromatic rings. The number of carboxylic acids is 1. The molecule has 0 unspecified atom stereocenters. The summed E-state index contributed by atoms with van der Waals surface area (Å²) < 4.78 is 11.7. The third-order valence-electron chi connectivity index (χ3n) is 3.64. The number of hydrogen-bond donors (Lipinski definition) is 1. The Hall–Kier alpha value is -2.49. The third-order valence-corrected chi connectivity index (χ3v) is 3.64. The number of carboxylic acid groups (broad SMARTS) is 1. The van der Waals surface area contributed by atoms with Crippen LogP contribution >= 0.6 is 0 Å². The van der Waals surface area contributed by atoms with Crippen LogP contribution in [0.25, 0.3) is 0 Å². The molecule has 0 spiro atoms. The first-order chi connectivity index (χ1) is 10.4. The van der Waals surface area contributed by atoms with E-state index in [0.717, 1.165) is 11.1 Å². The Morgan fingerprint density at radius 3 is 2.68 bits per heavy atom.